The van der Waals surface area contributed by atoms with E-state index in [4.69, 9.17) is 9.47 Å². The van der Waals surface area contributed by atoms with Crippen molar-refractivity contribution in [2.24, 2.45) is 0 Å². The molecule has 1 N–H and O–H groups in total. The van der Waals surface area contributed by atoms with Gasteiger partial charge >= 0.3 is 12.1 Å². The Balaban J connectivity index is 1.52. The van der Waals surface area contributed by atoms with Gasteiger partial charge in [0.2, 0.25) is 5.43 Å². The average molecular weight is 482 g/mol. The van der Waals surface area contributed by atoms with Gasteiger partial charge in [0.15, 0.2) is 5.82 Å². The second kappa shape index (κ2) is 8.79. The number of nitrogens with zero attached hydrogens (tertiary/aromatic N) is 1. The first kappa shape index (κ1) is 23.0. The van der Waals surface area contributed by atoms with Crippen LogP contribution in [0.25, 0.3) is 10.9 Å². The smallest absolute Gasteiger partial charge is 0.408 e. The Hall–Kier alpha value is -3.75. The molecule has 0 saturated heterocycles. The number of benzene rings is 2. The van der Waals surface area contributed by atoms with Gasteiger partial charge in [0, 0.05) is 12.2 Å². The zero-order valence-electron chi connectivity index (χ0n) is 19.1. The first-order chi connectivity index (χ1) is 16.8. The number of amides is 1. The number of carbonyl (C=O) groups is 2. The zero-order valence-corrected chi connectivity index (χ0v) is 19.1. The number of carbonyl (C=O) groups excluding carboxylic acids is 2. The number of hydrogen-bond donors (Lipinski definition) is 1. The van der Waals surface area contributed by atoms with Crippen molar-refractivity contribution in [1.82, 2.24) is 9.88 Å². The zero-order chi connectivity index (χ0) is 24.7. The molecule has 0 aliphatic heterocycles. The third kappa shape index (κ3) is 4.26. The number of pyridine rings is 1. The van der Waals surface area contributed by atoms with Gasteiger partial charge in [-0.3, -0.25) is 4.79 Å². The lowest BCUT2D eigenvalue weighted by molar-refractivity contribution is 0.0524. The first-order valence-corrected chi connectivity index (χ1v) is 11.6. The Kier molecular flexibility index (Phi) is 5.78. The Morgan fingerprint density at radius 3 is 2.49 bits per heavy atom. The largest absolute Gasteiger partial charge is 0.462 e. The van der Waals surface area contributed by atoms with Gasteiger partial charge in [-0.2, -0.15) is 0 Å². The van der Waals surface area contributed by atoms with Crippen molar-refractivity contribution >= 4 is 23.0 Å². The number of rotatable bonds is 7. The van der Waals surface area contributed by atoms with E-state index in [2.05, 4.69) is 5.32 Å². The summed E-state index contributed by atoms with van der Waals surface area (Å²) < 4.78 is 43.0. The maximum atomic E-state index is 16.0. The van der Waals surface area contributed by atoms with Gasteiger partial charge < -0.3 is 19.4 Å². The lowest BCUT2D eigenvalue weighted by Crippen LogP contribution is -2.37. The maximum Gasteiger partial charge on any atom is 0.408 e. The summed E-state index contributed by atoms with van der Waals surface area (Å²) in [6, 6.07) is 9.89. The molecule has 2 saturated carbocycles. The Bertz CT molecular complexity index is 1380. The van der Waals surface area contributed by atoms with Crippen LogP contribution in [-0.4, -0.2) is 23.2 Å². The minimum atomic E-state index is -1.26. The molecule has 0 spiro atoms. The predicted octanol–water partition coefficient (Wildman–Crippen LogP) is 4.71. The van der Waals surface area contributed by atoms with E-state index in [0.717, 1.165) is 24.5 Å². The van der Waals surface area contributed by atoms with Crippen LogP contribution < -0.4 is 10.7 Å². The summed E-state index contributed by atoms with van der Waals surface area (Å²) in [5.74, 6) is -2.71. The Morgan fingerprint density at radius 1 is 1.14 bits per heavy atom. The summed E-state index contributed by atoms with van der Waals surface area (Å²) in [7, 11) is 0. The van der Waals surface area contributed by atoms with Crippen molar-refractivity contribution in [1.29, 1.82) is 0 Å². The average Bonchev–Trinajstić information content (AvgIpc) is 3.76. The van der Waals surface area contributed by atoms with Crippen LogP contribution in [0.1, 0.15) is 60.1 Å². The first-order valence-electron chi connectivity index (χ1n) is 11.6. The van der Waals surface area contributed by atoms with E-state index in [0.29, 0.717) is 12.8 Å². The third-order valence-corrected chi connectivity index (χ3v) is 6.43. The maximum absolute atomic E-state index is 16.0. The van der Waals surface area contributed by atoms with Crippen LogP contribution in [0.4, 0.5) is 13.6 Å². The van der Waals surface area contributed by atoms with Crippen molar-refractivity contribution in [3.63, 3.8) is 0 Å². The number of aromatic nitrogens is 1. The van der Waals surface area contributed by atoms with E-state index >= 15 is 8.78 Å². The fourth-order valence-electron chi connectivity index (χ4n) is 4.39. The highest BCUT2D eigenvalue weighted by molar-refractivity contribution is 5.94. The molecule has 7 nitrogen and oxygen atoms in total. The van der Waals surface area contributed by atoms with E-state index in [1.54, 1.807) is 19.1 Å². The molecule has 1 aromatic heterocycles. The monoisotopic (exact) mass is 482 g/mol. The summed E-state index contributed by atoms with van der Waals surface area (Å²) in [6.07, 6.45) is 2.63. The van der Waals surface area contributed by atoms with Crippen LogP contribution in [-0.2, 0) is 21.6 Å². The molecule has 2 aliphatic rings. The number of esters is 1. The molecular weight excluding hydrogens is 458 g/mol. The summed E-state index contributed by atoms with van der Waals surface area (Å²) in [5.41, 5.74) is -1.92. The molecule has 0 unspecified atom stereocenters. The van der Waals surface area contributed by atoms with E-state index in [-0.39, 0.29) is 41.3 Å². The van der Waals surface area contributed by atoms with Crippen LogP contribution in [0.15, 0.2) is 47.4 Å². The molecule has 1 amide bonds. The molecule has 2 aliphatic carbocycles. The summed E-state index contributed by atoms with van der Waals surface area (Å²) in [6.45, 7) is 1.69. The molecule has 1 heterocycles. The van der Waals surface area contributed by atoms with E-state index in [1.165, 1.54) is 10.8 Å². The molecule has 35 heavy (non-hydrogen) atoms. The van der Waals surface area contributed by atoms with Gasteiger partial charge in [-0.1, -0.05) is 30.3 Å². The molecule has 3 aromatic rings. The highest BCUT2D eigenvalue weighted by atomic mass is 19.1. The fraction of sp³-hybridized carbons (Fsp3) is 0.346. The van der Waals surface area contributed by atoms with Gasteiger partial charge in [0.1, 0.15) is 18.0 Å². The molecule has 9 heteroatoms. The molecule has 2 fully saturated rings. The minimum Gasteiger partial charge on any atom is -0.462 e. The number of halogens is 2. The van der Waals surface area contributed by atoms with E-state index < -0.39 is 34.7 Å². The second-order valence-corrected chi connectivity index (χ2v) is 8.94. The lowest BCUT2D eigenvalue weighted by Gasteiger charge is -2.22. The van der Waals surface area contributed by atoms with Crippen molar-refractivity contribution in [2.75, 3.05) is 6.61 Å². The number of ether oxygens (including phenoxy) is 2. The molecular formula is C26H24F2N2O5. The van der Waals surface area contributed by atoms with Gasteiger partial charge in [-0.25, -0.2) is 18.4 Å². The Labute approximate surface area is 199 Å². The fourth-order valence-corrected chi connectivity index (χ4v) is 4.39. The number of fused-ring (bicyclic) bond motifs is 1. The second-order valence-electron chi connectivity index (χ2n) is 8.94. The predicted molar refractivity (Wildman–Crippen MR) is 123 cm³/mol. The standard InChI is InChI=1S/C26H24F2N2O5/c1-2-34-24(32)18-13-30(16-8-9-16)22-17(23(18)31)12-19(27)20(21(22)28)26(10-11-26)29-25(33)35-14-15-6-4-3-5-7-15/h3-7,12-13,16H,2,8-11,14H2,1H3,(H,29,33). The van der Waals surface area contributed by atoms with Crippen LogP contribution >= 0.6 is 0 Å². The van der Waals surface area contributed by atoms with Crippen LogP contribution in [0.3, 0.4) is 0 Å². The van der Waals surface area contributed by atoms with E-state index in [1.807, 2.05) is 18.2 Å². The molecule has 0 atom stereocenters. The van der Waals surface area contributed by atoms with E-state index in [9.17, 15) is 14.4 Å². The topological polar surface area (TPSA) is 86.6 Å². The highest BCUT2D eigenvalue weighted by Gasteiger charge is 2.50. The molecule has 2 aromatic carbocycles. The van der Waals surface area contributed by atoms with Crippen LogP contribution in [0.5, 0.6) is 0 Å². The van der Waals surface area contributed by atoms with Gasteiger partial charge in [0.25, 0.3) is 0 Å². The van der Waals surface area contributed by atoms with Gasteiger partial charge in [-0.15, -0.1) is 0 Å². The number of hydrogen-bond acceptors (Lipinski definition) is 5. The molecule has 182 valence electrons. The summed E-state index contributed by atoms with van der Waals surface area (Å²) in [5, 5.41) is 2.39. The van der Waals surface area contributed by atoms with Crippen molar-refractivity contribution in [2.45, 2.75) is 50.8 Å². The van der Waals surface area contributed by atoms with Gasteiger partial charge in [0.05, 0.1) is 28.6 Å². The number of alkyl carbamates (subject to hydrolysis) is 1. The number of nitrogens with one attached hydrogen (secondary N) is 1. The van der Waals surface area contributed by atoms with Crippen molar-refractivity contribution in [3.8, 4) is 0 Å². The SMILES string of the molecule is CCOC(=O)c1cn(C2CC2)c2c(F)c(C3(NC(=O)OCc4ccccc4)CC3)c(F)cc2c1=O. The summed E-state index contributed by atoms with van der Waals surface area (Å²) in [4.78, 5) is 37.8. The van der Waals surface area contributed by atoms with Crippen molar-refractivity contribution < 1.29 is 27.8 Å². The quantitative estimate of drug-likeness (QED) is 0.493. The highest BCUT2D eigenvalue weighted by Crippen LogP contribution is 2.49. The molecule has 5 rings (SSSR count). The Morgan fingerprint density at radius 2 is 1.86 bits per heavy atom. The third-order valence-electron chi connectivity index (χ3n) is 6.43. The molecule has 0 radical (unpaired) electrons. The lowest BCUT2D eigenvalue weighted by atomic mass is 9.99. The molecule has 0 bridgehead atoms. The van der Waals surface area contributed by atoms with Crippen molar-refractivity contribution in [3.05, 3.63) is 81.1 Å². The summed E-state index contributed by atoms with van der Waals surface area (Å²) >= 11 is 0. The minimum absolute atomic E-state index is 0.0172. The van der Waals surface area contributed by atoms with Crippen LogP contribution in [0.2, 0.25) is 0 Å². The van der Waals surface area contributed by atoms with Crippen LogP contribution in [0, 0.1) is 11.6 Å². The van der Waals surface area contributed by atoms with Gasteiger partial charge in [-0.05, 0) is 44.2 Å². The normalized spacial score (nSPS) is 16.1.